The quantitative estimate of drug-likeness (QED) is 0.671. The second-order valence-corrected chi connectivity index (χ2v) is 3.68. The van der Waals surface area contributed by atoms with Crippen LogP contribution in [0.5, 0.6) is 0 Å². The minimum absolute atomic E-state index is 0.260. The Bertz CT molecular complexity index is 670. The van der Waals surface area contributed by atoms with Crippen molar-refractivity contribution in [2.45, 2.75) is 6.92 Å². The van der Waals surface area contributed by atoms with Gasteiger partial charge in [0.2, 0.25) is 5.95 Å². The van der Waals surface area contributed by atoms with Crippen molar-refractivity contribution in [2.75, 3.05) is 5.73 Å². The highest BCUT2D eigenvalue weighted by Crippen LogP contribution is 2.25. The predicted molar refractivity (Wildman–Crippen MR) is 63.2 cm³/mol. The molecule has 0 saturated carbocycles. The molecule has 0 radical (unpaired) electrons. The zero-order chi connectivity index (χ0) is 11.8. The molecule has 0 atom stereocenters. The zero-order valence-corrected chi connectivity index (χ0v) is 9.20. The molecule has 3 rings (SSSR count). The number of aryl methyl sites for hydroxylation is 1. The van der Waals surface area contributed by atoms with Crippen molar-refractivity contribution in [1.29, 1.82) is 0 Å². The van der Waals surface area contributed by atoms with Crippen LogP contribution in [0.3, 0.4) is 0 Å². The number of hydrogen-bond donors (Lipinski definition) is 1. The number of rotatable bonds is 1. The van der Waals surface area contributed by atoms with Gasteiger partial charge in [0.1, 0.15) is 0 Å². The number of nitrogen functional groups attached to an aromatic ring is 1. The third-order valence-electron chi connectivity index (χ3n) is 2.53. The van der Waals surface area contributed by atoms with E-state index >= 15 is 0 Å². The van der Waals surface area contributed by atoms with Gasteiger partial charge in [0.25, 0.3) is 0 Å². The molecule has 3 aromatic rings. The molecule has 0 fully saturated rings. The molecule has 84 valence electrons. The molecule has 6 heteroatoms. The molecule has 0 aromatic carbocycles. The lowest BCUT2D eigenvalue weighted by molar-refractivity contribution is 0.917. The molecule has 0 spiro atoms. The van der Waals surface area contributed by atoms with Gasteiger partial charge < -0.3 is 5.73 Å². The van der Waals surface area contributed by atoms with Crippen molar-refractivity contribution >= 4 is 11.6 Å². The molecular weight excluding hydrogens is 216 g/mol. The van der Waals surface area contributed by atoms with E-state index in [1.54, 1.807) is 23.1 Å². The first kappa shape index (κ1) is 9.71. The third-order valence-corrected chi connectivity index (χ3v) is 2.53. The Kier molecular flexibility index (Phi) is 2.01. The summed E-state index contributed by atoms with van der Waals surface area (Å²) >= 11 is 0. The van der Waals surface area contributed by atoms with Gasteiger partial charge in [0, 0.05) is 30.4 Å². The fourth-order valence-electron chi connectivity index (χ4n) is 1.80. The average molecular weight is 226 g/mol. The van der Waals surface area contributed by atoms with Crippen LogP contribution in [0.15, 0.2) is 30.9 Å². The smallest absolute Gasteiger partial charge is 0.219 e. The molecule has 2 N–H and O–H groups in total. The summed E-state index contributed by atoms with van der Waals surface area (Å²) in [6.07, 6.45) is 6.96. The topological polar surface area (TPSA) is 82.0 Å². The SMILES string of the molecule is Cc1nn2cccnc2c1-c1cnc(N)nc1. The molecule has 3 aromatic heterocycles. The van der Waals surface area contributed by atoms with Crippen LogP contribution in [0, 0.1) is 6.92 Å². The molecule has 0 saturated heterocycles. The molecule has 6 nitrogen and oxygen atoms in total. The van der Waals surface area contributed by atoms with Gasteiger partial charge in [-0.1, -0.05) is 0 Å². The fourth-order valence-corrected chi connectivity index (χ4v) is 1.80. The maximum atomic E-state index is 5.47. The number of aromatic nitrogens is 5. The lowest BCUT2D eigenvalue weighted by Gasteiger charge is -1.99. The molecule has 3 heterocycles. The Hall–Kier alpha value is -2.50. The van der Waals surface area contributed by atoms with Crippen molar-refractivity contribution in [3.63, 3.8) is 0 Å². The van der Waals surface area contributed by atoms with Crippen LogP contribution in [0.25, 0.3) is 16.8 Å². The first-order chi connectivity index (χ1) is 8.25. The summed E-state index contributed by atoms with van der Waals surface area (Å²) < 4.78 is 1.74. The van der Waals surface area contributed by atoms with Gasteiger partial charge in [-0.25, -0.2) is 19.5 Å². The molecule has 0 aliphatic heterocycles. The largest absolute Gasteiger partial charge is 0.368 e. The Labute approximate surface area is 97.2 Å². The van der Waals surface area contributed by atoms with E-state index in [0.717, 1.165) is 22.5 Å². The highest BCUT2D eigenvalue weighted by molar-refractivity contribution is 5.78. The standard InChI is InChI=1S/C11H10N6/c1-7-9(8-5-14-11(12)15-6-8)10-13-3-2-4-17(10)16-7/h2-6H,1H3,(H2,12,14,15). The third kappa shape index (κ3) is 1.50. The maximum Gasteiger partial charge on any atom is 0.219 e. The first-order valence-electron chi connectivity index (χ1n) is 5.13. The Balaban J connectivity index is 2.29. The minimum Gasteiger partial charge on any atom is -0.368 e. The summed E-state index contributed by atoms with van der Waals surface area (Å²) in [6, 6.07) is 1.84. The van der Waals surface area contributed by atoms with Crippen molar-refractivity contribution in [3.05, 3.63) is 36.5 Å². The van der Waals surface area contributed by atoms with Crippen LogP contribution >= 0.6 is 0 Å². The molecule has 0 bridgehead atoms. The summed E-state index contributed by atoms with van der Waals surface area (Å²) in [5, 5.41) is 4.38. The van der Waals surface area contributed by atoms with Gasteiger partial charge in [0.15, 0.2) is 5.65 Å². The molecule has 0 amide bonds. The normalized spacial score (nSPS) is 10.9. The van der Waals surface area contributed by atoms with Crippen molar-refractivity contribution in [2.24, 2.45) is 0 Å². The van der Waals surface area contributed by atoms with Gasteiger partial charge in [0.05, 0.1) is 11.3 Å². The van der Waals surface area contributed by atoms with Crippen molar-refractivity contribution in [3.8, 4) is 11.1 Å². The van der Waals surface area contributed by atoms with Crippen LogP contribution < -0.4 is 5.73 Å². The monoisotopic (exact) mass is 226 g/mol. The van der Waals surface area contributed by atoms with E-state index in [1.807, 2.05) is 19.2 Å². The molecule has 0 unspecified atom stereocenters. The van der Waals surface area contributed by atoms with E-state index in [1.165, 1.54) is 0 Å². The van der Waals surface area contributed by atoms with Crippen LogP contribution in [-0.4, -0.2) is 24.6 Å². The lowest BCUT2D eigenvalue weighted by atomic mass is 10.1. The maximum absolute atomic E-state index is 5.47. The van der Waals surface area contributed by atoms with E-state index < -0.39 is 0 Å². The van der Waals surface area contributed by atoms with Crippen LogP contribution in [0.4, 0.5) is 5.95 Å². The number of hydrogen-bond acceptors (Lipinski definition) is 5. The van der Waals surface area contributed by atoms with Gasteiger partial charge in [-0.3, -0.25) is 0 Å². The van der Waals surface area contributed by atoms with E-state index in [2.05, 4.69) is 20.1 Å². The zero-order valence-electron chi connectivity index (χ0n) is 9.20. The van der Waals surface area contributed by atoms with Crippen molar-refractivity contribution in [1.82, 2.24) is 24.6 Å². The van der Waals surface area contributed by atoms with Gasteiger partial charge in [-0.15, -0.1) is 0 Å². The highest BCUT2D eigenvalue weighted by Gasteiger charge is 2.12. The average Bonchev–Trinajstić information content (AvgIpc) is 2.66. The van der Waals surface area contributed by atoms with E-state index in [4.69, 9.17) is 5.73 Å². The van der Waals surface area contributed by atoms with Crippen LogP contribution in [0.2, 0.25) is 0 Å². The molecular formula is C11H10N6. The summed E-state index contributed by atoms with van der Waals surface area (Å²) in [5.74, 6) is 0.260. The Morgan fingerprint density at radius 1 is 1.18 bits per heavy atom. The molecule has 0 aliphatic rings. The lowest BCUT2D eigenvalue weighted by Crippen LogP contribution is -1.94. The van der Waals surface area contributed by atoms with Gasteiger partial charge in [-0.05, 0) is 13.0 Å². The Morgan fingerprint density at radius 2 is 1.94 bits per heavy atom. The summed E-state index contributed by atoms with van der Waals surface area (Å²) in [6.45, 7) is 1.93. The summed E-state index contributed by atoms with van der Waals surface area (Å²) in [4.78, 5) is 12.3. The second-order valence-electron chi connectivity index (χ2n) is 3.68. The Morgan fingerprint density at radius 3 is 2.71 bits per heavy atom. The first-order valence-corrected chi connectivity index (χ1v) is 5.13. The number of anilines is 1. The number of nitrogens with two attached hydrogens (primary N) is 1. The van der Waals surface area contributed by atoms with E-state index in [-0.39, 0.29) is 5.95 Å². The van der Waals surface area contributed by atoms with Crippen LogP contribution in [0.1, 0.15) is 5.69 Å². The number of fused-ring (bicyclic) bond motifs is 1. The molecule has 17 heavy (non-hydrogen) atoms. The van der Waals surface area contributed by atoms with E-state index in [0.29, 0.717) is 0 Å². The van der Waals surface area contributed by atoms with Gasteiger partial charge in [-0.2, -0.15) is 5.10 Å². The second kappa shape index (κ2) is 3.51. The van der Waals surface area contributed by atoms with E-state index in [9.17, 15) is 0 Å². The minimum atomic E-state index is 0.260. The fraction of sp³-hybridized carbons (Fsp3) is 0.0909. The summed E-state index contributed by atoms with van der Waals surface area (Å²) in [7, 11) is 0. The van der Waals surface area contributed by atoms with Gasteiger partial charge >= 0.3 is 0 Å². The highest BCUT2D eigenvalue weighted by atomic mass is 15.2. The predicted octanol–water partition coefficient (Wildman–Crippen LogP) is 1.08. The van der Waals surface area contributed by atoms with Crippen molar-refractivity contribution < 1.29 is 0 Å². The summed E-state index contributed by atoms with van der Waals surface area (Å²) in [5.41, 5.74) is 8.95. The van der Waals surface area contributed by atoms with Crippen LogP contribution in [-0.2, 0) is 0 Å². The number of nitrogens with zero attached hydrogens (tertiary/aromatic N) is 5. The molecule has 0 aliphatic carbocycles.